The van der Waals surface area contributed by atoms with Crippen LogP contribution in [0.2, 0.25) is 0 Å². The number of amides is 1. The van der Waals surface area contributed by atoms with Gasteiger partial charge in [-0.05, 0) is 49.8 Å². The first kappa shape index (κ1) is 26.0. The number of carbonyl (C=O) groups excluding carboxylic acids is 2. The maximum absolute atomic E-state index is 14.4. The Morgan fingerprint density at radius 3 is 2.65 bits per heavy atom. The predicted molar refractivity (Wildman–Crippen MR) is 128 cm³/mol. The largest absolute Gasteiger partial charge is 0.465 e. The van der Waals surface area contributed by atoms with Gasteiger partial charge in [-0.25, -0.2) is 4.79 Å². The first-order valence-electron chi connectivity index (χ1n) is 11.3. The van der Waals surface area contributed by atoms with Crippen molar-refractivity contribution in [3.05, 3.63) is 69.9 Å². The Morgan fingerprint density at radius 2 is 1.97 bits per heavy atom. The van der Waals surface area contributed by atoms with E-state index in [1.54, 1.807) is 25.1 Å². The van der Waals surface area contributed by atoms with Crippen molar-refractivity contribution >= 4 is 23.2 Å². The van der Waals surface area contributed by atoms with Gasteiger partial charge in [-0.1, -0.05) is 49.4 Å². The molecule has 8 heteroatoms. The first-order valence-corrected chi connectivity index (χ1v) is 12.2. The molecule has 1 N–H and O–H groups in total. The highest BCUT2D eigenvalue weighted by molar-refractivity contribution is 7.13. The molecule has 34 heavy (non-hydrogen) atoms. The van der Waals surface area contributed by atoms with Crippen LogP contribution in [0.4, 0.5) is 8.78 Å². The molecule has 1 saturated heterocycles. The van der Waals surface area contributed by atoms with E-state index < -0.39 is 35.9 Å². The summed E-state index contributed by atoms with van der Waals surface area (Å²) in [4.78, 5) is 26.7. The number of rotatable bonds is 10. The summed E-state index contributed by atoms with van der Waals surface area (Å²) >= 11 is 1.29. The van der Waals surface area contributed by atoms with E-state index in [-0.39, 0.29) is 12.5 Å². The fraction of sp³-hybridized carbons (Fsp3) is 0.462. The second-order valence-electron chi connectivity index (χ2n) is 9.07. The van der Waals surface area contributed by atoms with Crippen LogP contribution in [0.5, 0.6) is 0 Å². The molecule has 1 aliphatic heterocycles. The van der Waals surface area contributed by atoms with Crippen LogP contribution < -0.4 is 0 Å². The highest BCUT2D eigenvalue weighted by atomic mass is 32.1. The van der Waals surface area contributed by atoms with Crippen molar-refractivity contribution in [3.63, 3.8) is 0 Å². The van der Waals surface area contributed by atoms with Gasteiger partial charge in [0.15, 0.2) is 0 Å². The number of benzene rings is 1. The lowest BCUT2D eigenvalue weighted by Gasteiger charge is -2.32. The average Bonchev–Trinajstić information content (AvgIpc) is 3.34. The third-order valence-corrected chi connectivity index (χ3v) is 7.37. The number of methoxy groups -OCH3 is 1. The van der Waals surface area contributed by atoms with Crippen molar-refractivity contribution in [3.8, 4) is 0 Å². The molecule has 1 aliphatic rings. The molecule has 1 aromatic heterocycles. The fourth-order valence-electron chi connectivity index (χ4n) is 4.29. The summed E-state index contributed by atoms with van der Waals surface area (Å²) in [5.74, 6) is -5.16. The summed E-state index contributed by atoms with van der Waals surface area (Å²) in [7, 11) is 1.31. The smallest absolute Gasteiger partial charge is 0.348 e. The molecule has 1 fully saturated rings. The monoisotopic (exact) mass is 491 g/mol. The number of aliphatic hydroxyl groups excluding tert-OH is 1. The molecule has 0 spiro atoms. The quantitative estimate of drug-likeness (QED) is 0.380. The third kappa shape index (κ3) is 6.10. The number of nitrogens with zero attached hydrogens (tertiary/aromatic N) is 1. The average molecular weight is 492 g/mol. The van der Waals surface area contributed by atoms with E-state index in [4.69, 9.17) is 4.74 Å². The van der Waals surface area contributed by atoms with Gasteiger partial charge in [0.2, 0.25) is 0 Å². The van der Waals surface area contributed by atoms with Crippen molar-refractivity contribution in [2.24, 2.45) is 5.92 Å². The number of aryl methyl sites for hydroxylation is 1. The zero-order chi connectivity index (χ0) is 24.9. The summed E-state index contributed by atoms with van der Waals surface area (Å²) in [5, 5.41) is 10.6. The number of ether oxygens (including phenoxy) is 1. The van der Waals surface area contributed by atoms with Gasteiger partial charge in [0, 0.05) is 17.8 Å². The number of esters is 1. The van der Waals surface area contributed by atoms with E-state index in [0.29, 0.717) is 24.1 Å². The Labute approximate surface area is 203 Å². The van der Waals surface area contributed by atoms with Crippen LogP contribution in [-0.2, 0) is 22.4 Å². The van der Waals surface area contributed by atoms with Crippen molar-refractivity contribution in [1.82, 2.24) is 4.90 Å². The fourth-order valence-corrected chi connectivity index (χ4v) is 5.26. The topological polar surface area (TPSA) is 66.8 Å². The Kier molecular flexibility index (Phi) is 8.25. The minimum atomic E-state index is -3.44. The van der Waals surface area contributed by atoms with Crippen LogP contribution >= 0.6 is 11.3 Å². The van der Waals surface area contributed by atoms with Crippen LogP contribution in [0.25, 0.3) is 0 Å². The Balaban J connectivity index is 1.64. The number of hydrogen-bond acceptors (Lipinski definition) is 5. The van der Waals surface area contributed by atoms with Gasteiger partial charge in [0.05, 0.1) is 18.8 Å². The van der Waals surface area contributed by atoms with Crippen LogP contribution in [0, 0.1) is 5.92 Å². The molecule has 1 unspecified atom stereocenters. The van der Waals surface area contributed by atoms with Gasteiger partial charge in [0.1, 0.15) is 4.88 Å². The standard InChI is InChI=1S/C26H31F2NO4S/c1-18(16-19-8-5-4-6-9-19)21(30)13-14-25(2)17-26(27,28)24(32)29(25)15-7-10-20-11-12-22(34-20)23(31)33-3/h4-6,8-9,11-14,18,21,30H,7,10,15-17H2,1-3H3/b14-13+/t18-,21+,25?/m0/s1. The molecule has 5 nitrogen and oxygen atoms in total. The number of alkyl halides is 2. The number of aliphatic hydroxyl groups is 1. The third-order valence-electron chi connectivity index (χ3n) is 6.24. The van der Waals surface area contributed by atoms with Crippen LogP contribution in [0.15, 0.2) is 54.6 Å². The SMILES string of the molecule is COC(=O)c1ccc(CCCN2C(=O)C(F)(F)CC2(C)/C=C/[C@@H](O)[C@@H](C)Cc2ccccc2)s1. The Hall–Kier alpha value is -2.58. The molecule has 0 bridgehead atoms. The summed E-state index contributed by atoms with van der Waals surface area (Å²) in [5.41, 5.74) is -0.109. The van der Waals surface area contributed by atoms with E-state index in [1.807, 2.05) is 37.3 Å². The molecular formula is C26H31F2NO4S. The molecule has 1 aromatic carbocycles. The number of likely N-dealkylation sites (tertiary alicyclic amines) is 1. The Bertz CT molecular complexity index is 1020. The number of carbonyl (C=O) groups is 2. The summed E-state index contributed by atoms with van der Waals surface area (Å²) in [6, 6.07) is 13.2. The lowest BCUT2D eigenvalue weighted by molar-refractivity contribution is -0.148. The van der Waals surface area contributed by atoms with E-state index in [9.17, 15) is 23.5 Å². The number of halogens is 2. The second kappa shape index (κ2) is 10.8. The zero-order valence-electron chi connectivity index (χ0n) is 19.7. The highest BCUT2D eigenvalue weighted by Gasteiger charge is 2.58. The summed E-state index contributed by atoms with van der Waals surface area (Å²) in [6.07, 6.45) is 3.31. The van der Waals surface area contributed by atoms with Gasteiger partial charge in [-0.3, -0.25) is 4.79 Å². The molecule has 3 rings (SSSR count). The lowest BCUT2D eigenvalue weighted by atomic mass is 9.92. The molecule has 2 aromatic rings. The van der Waals surface area contributed by atoms with Crippen LogP contribution in [0.1, 0.15) is 46.8 Å². The van der Waals surface area contributed by atoms with Gasteiger partial charge in [0.25, 0.3) is 5.91 Å². The zero-order valence-corrected chi connectivity index (χ0v) is 20.5. The van der Waals surface area contributed by atoms with Gasteiger partial charge in [-0.15, -0.1) is 11.3 Å². The molecule has 0 radical (unpaired) electrons. The number of hydrogen-bond donors (Lipinski definition) is 1. The van der Waals surface area contributed by atoms with Crippen molar-refractivity contribution in [2.45, 2.75) is 57.1 Å². The van der Waals surface area contributed by atoms with Crippen molar-refractivity contribution < 1.29 is 28.2 Å². The highest BCUT2D eigenvalue weighted by Crippen LogP contribution is 2.41. The molecule has 0 saturated carbocycles. The minimum absolute atomic E-state index is 0.115. The molecule has 1 amide bonds. The lowest BCUT2D eigenvalue weighted by Crippen LogP contribution is -2.43. The summed E-state index contributed by atoms with van der Waals surface area (Å²) in [6.45, 7) is 3.66. The van der Waals surface area contributed by atoms with E-state index in [1.165, 1.54) is 29.4 Å². The molecule has 2 heterocycles. The van der Waals surface area contributed by atoms with E-state index in [2.05, 4.69) is 0 Å². The van der Waals surface area contributed by atoms with Gasteiger partial charge < -0.3 is 14.7 Å². The van der Waals surface area contributed by atoms with E-state index in [0.717, 1.165) is 10.4 Å². The van der Waals surface area contributed by atoms with Crippen LogP contribution in [0.3, 0.4) is 0 Å². The van der Waals surface area contributed by atoms with Crippen molar-refractivity contribution in [1.29, 1.82) is 0 Å². The Morgan fingerprint density at radius 1 is 1.26 bits per heavy atom. The van der Waals surface area contributed by atoms with Gasteiger partial charge in [-0.2, -0.15) is 8.78 Å². The molecule has 3 atom stereocenters. The van der Waals surface area contributed by atoms with Crippen molar-refractivity contribution in [2.75, 3.05) is 13.7 Å². The minimum Gasteiger partial charge on any atom is -0.465 e. The molecular weight excluding hydrogens is 460 g/mol. The van der Waals surface area contributed by atoms with Gasteiger partial charge >= 0.3 is 11.9 Å². The maximum Gasteiger partial charge on any atom is 0.348 e. The predicted octanol–water partition coefficient (Wildman–Crippen LogP) is 4.89. The second-order valence-corrected chi connectivity index (χ2v) is 10.2. The first-order chi connectivity index (χ1) is 16.1. The molecule has 0 aliphatic carbocycles. The number of thiophene rings is 1. The summed E-state index contributed by atoms with van der Waals surface area (Å²) < 4.78 is 33.5. The maximum atomic E-state index is 14.4. The van der Waals surface area contributed by atoms with Crippen LogP contribution in [-0.4, -0.2) is 53.1 Å². The molecule has 184 valence electrons. The normalized spacial score (nSPS) is 21.7. The van der Waals surface area contributed by atoms with E-state index >= 15 is 0 Å².